The van der Waals surface area contributed by atoms with Gasteiger partial charge in [-0.1, -0.05) is 37.1 Å². The van der Waals surface area contributed by atoms with Crippen molar-refractivity contribution in [2.24, 2.45) is 0 Å². The zero-order valence-electron chi connectivity index (χ0n) is 18.0. The molecule has 8 heteroatoms. The number of hydrogen-bond acceptors (Lipinski definition) is 4. The van der Waals surface area contributed by atoms with Crippen LogP contribution in [0, 0.1) is 0 Å². The van der Waals surface area contributed by atoms with Gasteiger partial charge in [0.15, 0.2) is 5.11 Å². The number of aromatic amines is 1. The first-order chi connectivity index (χ1) is 16.0. The normalized spacial score (nSPS) is 10.7. The summed E-state index contributed by atoms with van der Waals surface area (Å²) in [6.45, 7) is 2.76. The summed E-state index contributed by atoms with van der Waals surface area (Å²) in [7, 11) is 0. The number of para-hydroxylation sites is 2. The molecule has 0 saturated heterocycles. The predicted octanol–water partition coefficient (Wildman–Crippen LogP) is 6.19. The van der Waals surface area contributed by atoms with Crippen molar-refractivity contribution in [1.29, 1.82) is 0 Å². The lowest BCUT2D eigenvalue weighted by molar-refractivity contribution is 0.0977. The predicted molar refractivity (Wildman–Crippen MR) is 137 cm³/mol. The van der Waals surface area contributed by atoms with Crippen LogP contribution in [0.4, 0.5) is 5.69 Å². The Morgan fingerprint density at radius 1 is 1.12 bits per heavy atom. The van der Waals surface area contributed by atoms with Crippen LogP contribution in [0.2, 0.25) is 5.02 Å². The monoisotopic (exact) mass is 478 g/mol. The van der Waals surface area contributed by atoms with E-state index in [9.17, 15) is 4.79 Å². The third-order valence-corrected chi connectivity index (χ3v) is 5.52. The Morgan fingerprint density at radius 3 is 2.67 bits per heavy atom. The molecule has 3 aromatic carbocycles. The fourth-order valence-electron chi connectivity index (χ4n) is 3.22. The molecule has 0 bridgehead atoms. The SMILES string of the molecule is CCCCOc1ccc(C(=O)NC(=S)Nc2cc(-c3nc4ccccc4[nH]3)ccc2Cl)cc1. The Balaban J connectivity index is 1.41. The Morgan fingerprint density at radius 2 is 1.91 bits per heavy atom. The highest BCUT2D eigenvalue weighted by atomic mass is 35.5. The third kappa shape index (κ3) is 5.69. The summed E-state index contributed by atoms with van der Waals surface area (Å²) in [5.41, 5.74) is 3.71. The zero-order chi connectivity index (χ0) is 23.2. The van der Waals surface area contributed by atoms with Crippen molar-refractivity contribution in [3.8, 4) is 17.1 Å². The summed E-state index contributed by atoms with van der Waals surface area (Å²) < 4.78 is 5.63. The Hall–Kier alpha value is -3.42. The summed E-state index contributed by atoms with van der Waals surface area (Å²) >= 11 is 11.7. The minimum Gasteiger partial charge on any atom is -0.494 e. The van der Waals surface area contributed by atoms with Crippen LogP contribution >= 0.6 is 23.8 Å². The van der Waals surface area contributed by atoms with Crippen molar-refractivity contribution in [2.45, 2.75) is 19.8 Å². The number of rotatable bonds is 7. The highest BCUT2D eigenvalue weighted by Crippen LogP contribution is 2.28. The van der Waals surface area contributed by atoms with Gasteiger partial charge in [0.1, 0.15) is 11.6 Å². The number of amides is 1. The molecule has 168 valence electrons. The van der Waals surface area contributed by atoms with Gasteiger partial charge in [0.05, 0.1) is 28.4 Å². The number of carbonyl (C=O) groups excluding carboxylic acids is 1. The molecule has 0 aliphatic rings. The molecule has 0 aliphatic carbocycles. The summed E-state index contributed by atoms with van der Waals surface area (Å²) in [6, 6.07) is 20.2. The second-order valence-corrected chi connectivity index (χ2v) is 8.25. The van der Waals surface area contributed by atoms with Crippen molar-refractivity contribution in [2.75, 3.05) is 11.9 Å². The molecule has 4 aromatic rings. The van der Waals surface area contributed by atoms with Gasteiger partial charge in [-0.2, -0.15) is 0 Å². The summed E-state index contributed by atoms with van der Waals surface area (Å²) in [4.78, 5) is 20.5. The number of unbranched alkanes of at least 4 members (excludes halogenated alkanes) is 1. The number of anilines is 1. The van der Waals surface area contributed by atoms with Crippen molar-refractivity contribution in [3.63, 3.8) is 0 Å². The lowest BCUT2D eigenvalue weighted by atomic mass is 10.2. The van der Waals surface area contributed by atoms with E-state index in [0.29, 0.717) is 28.7 Å². The molecule has 0 radical (unpaired) electrons. The van der Waals surface area contributed by atoms with Crippen LogP contribution in [0.1, 0.15) is 30.1 Å². The van der Waals surface area contributed by atoms with E-state index >= 15 is 0 Å². The van der Waals surface area contributed by atoms with Crippen LogP contribution in [0.3, 0.4) is 0 Å². The van der Waals surface area contributed by atoms with Gasteiger partial charge in [0, 0.05) is 11.1 Å². The third-order valence-electron chi connectivity index (χ3n) is 4.99. The number of nitrogens with zero attached hydrogens (tertiary/aromatic N) is 1. The number of thiocarbonyl (C=S) groups is 1. The molecule has 0 unspecified atom stereocenters. The maximum atomic E-state index is 12.6. The Kier molecular flexibility index (Phi) is 7.22. The molecule has 6 nitrogen and oxygen atoms in total. The van der Waals surface area contributed by atoms with Gasteiger partial charge in [0.2, 0.25) is 0 Å². The molecule has 0 fully saturated rings. The van der Waals surface area contributed by atoms with E-state index in [0.717, 1.165) is 35.2 Å². The molecule has 1 aromatic heterocycles. The highest BCUT2D eigenvalue weighted by molar-refractivity contribution is 7.80. The first-order valence-corrected chi connectivity index (χ1v) is 11.4. The van der Waals surface area contributed by atoms with Crippen LogP contribution in [0.15, 0.2) is 66.7 Å². The maximum absolute atomic E-state index is 12.6. The highest BCUT2D eigenvalue weighted by Gasteiger charge is 2.12. The quantitative estimate of drug-likeness (QED) is 0.218. The van der Waals surface area contributed by atoms with Crippen LogP contribution in [0.5, 0.6) is 5.75 Å². The van der Waals surface area contributed by atoms with Crippen molar-refractivity contribution < 1.29 is 9.53 Å². The van der Waals surface area contributed by atoms with Crippen molar-refractivity contribution in [1.82, 2.24) is 15.3 Å². The standard InChI is InChI=1S/C25H23ClN4O2S/c1-2-3-14-32-18-11-8-16(9-12-18)24(31)30-25(33)29-22-15-17(10-13-19(22)26)23-27-20-6-4-5-7-21(20)28-23/h4-13,15H,2-3,14H2,1H3,(H,27,28)(H2,29,30,31,33). The van der Waals surface area contributed by atoms with Crippen LogP contribution < -0.4 is 15.4 Å². The number of benzene rings is 3. The van der Waals surface area contributed by atoms with E-state index in [4.69, 9.17) is 28.6 Å². The second-order valence-electron chi connectivity index (χ2n) is 7.43. The molecule has 1 amide bonds. The van der Waals surface area contributed by atoms with Crippen LogP contribution in [0.25, 0.3) is 22.4 Å². The van der Waals surface area contributed by atoms with Gasteiger partial charge in [0.25, 0.3) is 5.91 Å². The maximum Gasteiger partial charge on any atom is 0.257 e. The summed E-state index contributed by atoms with van der Waals surface area (Å²) in [5.74, 6) is 1.12. The number of aromatic nitrogens is 2. The van der Waals surface area contributed by atoms with Gasteiger partial charge in [-0.15, -0.1) is 0 Å². The minimum atomic E-state index is -0.322. The van der Waals surface area contributed by atoms with Crippen LogP contribution in [-0.4, -0.2) is 27.6 Å². The van der Waals surface area contributed by atoms with Gasteiger partial charge < -0.3 is 15.0 Å². The largest absolute Gasteiger partial charge is 0.494 e. The molecule has 1 heterocycles. The fraction of sp³-hybridized carbons (Fsp3) is 0.160. The lowest BCUT2D eigenvalue weighted by Crippen LogP contribution is -2.34. The van der Waals surface area contributed by atoms with E-state index in [1.807, 2.05) is 36.4 Å². The van der Waals surface area contributed by atoms with Gasteiger partial charge in [-0.3, -0.25) is 10.1 Å². The number of ether oxygens (including phenoxy) is 1. The average Bonchev–Trinajstić information content (AvgIpc) is 3.25. The first kappa shape index (κ1) is 22.8. The number of fused-ring (bicyclic) bond motifs is 1. The van der Waals surface area contributed by atoms with Crippen LogP contribution in [-0.2, 0) is 0 Å². The lowest BCUT2D eigenvalue weighted by Gasteiger charge is -2.12. The number of imidazole rings is 1. The summed E-state index contributed by atoms with van der Waals surface area (Å²) in [6.07, 6.45) is 2.05. The minimum absolute atomic E-state index is 0.145. The molecule has 33 heavy (non-hydrogen) atoms. The van der Waals surface area contributed by atoms with E-state index in [-0.39, 0.29) is 11.0 Å². The fourth-order valence-corrected chi connectivity index (χ4v) is 3.59. The smallest absolute Gasteiger partial charge is 0.257 e. The number of hydrogen-bond donors (Lipinski definition) is 3. The molecule has 0 saturated carbocycles. The second kappa shape index (κ2) is 10.5. The number of H-pyrrole nitrogens is 1. The molecule has 0 aliphatic heterocycles. The van der Waals surface area contributed by atoms with E-state index < -0.39 is 0 Å². The number of halogens is 1. The Labute approximate surface area is 202 Å². The van der Waals surface area contributed by atoms with E-state index in [1.165, 1.54) is 0 Å². The zero-order valence-corrected chi connectivity index (χ0v) is 19.6. The average molecular weight is 479 g/mol. The van der Waals surface area contributed by atoms with E-state index in [1.54, 1.807) is 30.3 Å². The van der Waals surface area contributed by atoms with Crippen molar-refractivity contribution >= 4 is 51.6 Å². The molecule has 0 atom stereocenters. The molecular weight excluding hydrogens is 456 g/mol. The van der Waals surface area contributed by atoms with Gasteiger partial charge >= 0.3 is 0 Å². The summed E-state index contributed by atoms with van der Waals surface area (Å²) in [5, 5.41) is 6.30. The van der Waals surface area contributed by atoms with Gasteiger partial charge in [-0.25, -0.2) is 4.98 Å². The number of carbonyl (C=O) groups is 1. The Bertz CT molecular complexity index is 1250. The molecular formula is C25H23ClN4O2S. The topological polar surface area (TPSA) is 79.0 Å². The molecule has 3 N–H and O–H groups in total. The molecule has 0 spiro atoms. The number of nitrogens with one attached hydrogen (secondary N) is 3. The van der Waals surface area contributed by atoms with Crippen molar-refractivity contribution in [3.05, 3.63) is 77.3 Å². The van der Waals surface area contributed by atoms with Gasteiger partial charge in [-0.05, 0) is 73.2 Å². The first-order valence-electron chi connectivity index (χ1n) is 10.6. The van der Waals surface area contributed by atoms with E-state index in [2.05, 4.69) is 27.5 Å². The molecule has 4 rings (SSSR count).